The molecule has 0 saturated carbocycles. The van der Waals surface area contributed by atoms with Crippen molar-refractivity contribution < 1.29 is 0 Å². The molecule has 0 aliphatic carbocycles. The van der Waals surface area contributed by atoms with Crippen LogP contribution in [0.25, 0.3) is 0 Å². The number of hydrogen-bond acceptors (Lipinski definition) is 3. The van der Waals surface area contributed by atoms with E-state index >= 15 is 0 Å². The maximum absolute atomic E-state index is 4.86. The number of hydrogen-bond donors (Lipinski definition) is 1. The first kappa shape index (κ1) is 20.7. The van der Waals surface area contributed by atoms with Crippen LogP contribution in [0.4, 0.5) is 0 Å². The van der Waals surface area contributed by atoms with Gasteiger partial charge in [-0.1, -0.05) is 13.8 Å². The minimum absolute atomic E-state index is 0. The lowest BCUT2D eigenvalue weighted by Crippen LogP contribution is -2.48. The van der Waals surface area contributed by atoms with E-state index in [-0.39, 0.29) is 24.0 Å². The molecule has 0 amide bonds. The summed E-state index contributed by atoms with van der Waals surface area (Å²) in [5.41, 5.74) is 1.17. The highest BCUT2D eigenvalue weighted by molar-refractivity contribution is 14.0. The number of likely N-dealkylation sites (tertiary alicyclic amines) is 1. The van der Waals surface area contributed by atoms with Gasteiger partial charge in [-0.05, 0) is 39.0 Å². The normalized spacial score (nSPS) is 22.0. The molecule has 2 rings (SSSR count). The number of aliphatic imine (C=N–C) groups is 1. The minimum atomic E-state index is 0. The van der Waals surface area contributed by atoms with Gasteiger partial charge in [-0.15, -0.1) is 35.3 Å². The van der Waals surface area contributed by atoms with Gasteiger partial charge >= 0.3 is 0 Å². The van der Waals surface area contributed by atoms with Crippen molar-refractivity contribution in [3.63, 3.8) is 0 Å². The van der Waals surface area contributed by atoms with Gasteiger partial charge < -0.3 is 10.2 Å². The summed E-state index contributed by atoms with van der Waals surface area (Å²) in [6, 6.07) is 0. The number of halogens is 1. The van der Waals surface area contributed by atoms with Crippen molar-refractivity contribution in [2.45, 2.75) is 47.5 Å². The molecule has 0 radical (unpaired) electrons. The van der Waals surface area contributed by atoms with Crippen molar-refractivity contribution in [2.75, 3.05) is 26.2 Å². The number of rotatable bonds is 4. The number of thiazole rings is 1. The molecule has 1 aromatic rings. The average molecular weight is 450 g/mol. The molecular formula is C17H31IN4S. The van der Waals surface area contributed by atoms with E-state index in [1.807, 2.05) is 0 Å². The van der Waals surface area contributed by atoms with Gasteiger partial charge in [0.15, 0.2) is 5.96 Å². The fourth-order valence-electron chi connectivity index (χ4n) is 3.33. The van der Waals surface area contributed by atoms with Crippen LogP contribution in [0.1, 0.15) is 42.8 Å². The Morgan fingerprint density at radius 3 is 2.48 bits per heavy atom. The Morgan fingerprint density at radius 2 is 1.96 bits per heavy atom. The summed E-state index contributed by atoms with van der Waals surface area (Å²) in [5, 5.41) is 4.62. The minimum Gasteiger partial charge on any atom is -0.357 e. The van der Waals surface area contributed by atoms with Crippen molar-refractivity contribution in [1.29, 1.82) is 0 Å². The second-order valence-corrected chi connectivity index (χ2v) is 7.87. The number of nitrogens with one attached hydrogen (secondary N) is 1. The lowest BCUT2D eigenvalue weighted by molar-refractivity contribution is 0.208. The van der Waals surface area contributed by atoms with Crippen LogP contribution in [-0.2, 0) is 6.42 Å². The van der Waals surface area contributed by atoms with E-state index in [1.54, 1.807) is 11.3 Å². The summed E-state index contributed by atoms with van der Waals surface area (Å²) in [6.45, 7) is 15.0. The zero-order chi connectivity index (χ0) is 16.1. The molecule has 4 nitrogen and oxygen atoms in total. The molecule has 2 heterocycles. The van der Waals surface area contributed by atoms with Gasteiger partial charge in [-0.25, -0.2) is 4.98 Å². The molecule has 0 spiro atoms. The molecule has 1 saturated heterocycles. The van der Waals surface area contributed by atoms with E-state index in [4.69, 9.17) is 4.99 Å². The zero-order valence-corrected chi connectivity index (χ0v) is 18.2. The van der Waals surface area contributed by atoms with E-state index in [0.717, 1.165) is 55.4 Å². The van der Waals surface area contributed by atoms with Crippen molar-refractivity contribution >= 4 is 41.3 Å². The van der Waals surface area contributed by atoms with Gasteiger partial charge in [-0.2, -0.15) is 0 Å². The van der Waals surface area contributed by atoms with E-state index in [2.05, 4.69) is 49.8 Å². The highest BCUT2D eigenvalue weighted by Gasteiger charge is 2.23. The lowest BCUT2D eigenvalue weighted by atomic mass is 9.92. The SMILES string of the molecule is CCNC(=NCCc1sc(C)nc1C)N1CC(C)CC(C)C1.I. The second kappa shape index (κ2) is 9.81. The van der Waals surface area contributed by atoms with E-state index in [1.165, 1.54) is 17.0 Å². The van der Waals surface area contributed by atoms with Crippen LogP contribution < -0.4 is 5.32 Å². The third kappa shape index (κ3) is 6.21. The largest absolute Gasteiger partial charge is 0.357 e. The van der Waals surface area contributed by atoms with Crippen molar-refractivity contribution in [2.24, 2.45) is 16.8 Å². The Balaban J connectivity index is 0.00000264. The molecule has 1 aliphatic heterocycles. The van der Waals surface area contributed by atoms with Gasteiger partial charge in [0.1, 0.15) is 0 Å². The molecule has 1 aromatic heterocycles. The Morgan fingerprint density at radius 1 is 1.30 bits per heavy atom. The zero-order valence-electron chi connectivity index (χ0n) is 15.1. The highest BCUT2D eigenvalue weighted by atomic mass is 127. The van der Waals surface area contributed by atoms with E-state index < -0.39 is 0 Å². The first-order valence-corrected chi connectivity index (χ1v) is 9.27. The van der Waals surface area contributed by atoms with Crippen LogP contribution in [0.15, 0.2) is 4.99 Å². The van der Waals surface area contributed by atoms with Crippen LogP contribution in [0.2, 0.25) is 0 Å². The quantitative estimate of drug-likeness (QED) is 0.430. The molecule has 0 aromatic carbocycles. The fraction of sp³-hybridized carbons (Fsp3) is 0.765. The smallest absolute Gasteiger partial charge is 0.193 e. The molecule has 23 heavy (non-hydrogen) atoms. The standard InChI is InChI=1S/C17H30N4S.HI/c1-6-18-17(21-10-12(2)9-13(3)11-21)19-8-7-16-14(4)20-15(5)22-16;/h12-13H,6-11H2,1-5H3,(H,18,19);1H. The summed E-state index contributed by atoms with van der Waals surface area (Å²) in [7, 11) is 0. The van der Waals surface area contributed by atoms with Crippen molar-refractivity contribution in [1.82, 2.24) is 15.2 Å². The third-order valence-electron chi connectivity index (χ3n) is 4.10. The van der Waals surface area contributed by atoms with Crippen LogP contribution in [0, 0.1) is 25.7 Å². The molecule has 1 N–H and O–H groups in total. The molecule has 132 valence electrons. The highest BCUT2D eigenvalue weighted by Crippen LogP contribution is 2.21. The van der Waals surface area contributed by atoms with Gasteiger partial charge in [-0.3, -0.25) is 4.99 Å². The monoisotopic (exact) mass is 450 g/mol. The predicted octanol–water partition coefficient (Wildman–Crippen LogP) is 3.86. The van der Waals surface area contributed by atoms with Crippen LogP contribution in [0.5, 0.6) is 0 Å². The number of aryl methyl sites for hydroxylation is 2. The average Bonchev–Trinajstić information content (AvgIpc) is 2.75. The number of aromatic nitrogens is 1. The Kier molecular flexibility index (Phi) is 8.82. The number of guanidine groups is 1. The van der Waals surface area contributed by atoms with Crippen molar-refractivity contribution in [3.8, 4) is 0 Å². The maximum Gasteiger partial charge on any atom is 0.193 e. The summed E-state index contributed by atoms with van der Waals surface area (Å²) < 4.78 is 0. The third-order valence-corrected chi connectivity index (χ3v) is 5.24. The van der Waals surface area contributed by atoms with Crippen LogP contribution >= 0.6 is 35.3 Å². The van der Waals surface area contributed by atoms with Gasteiger partial charge in [0.25, 0.3) is 0 Å². The molecule has 0 bridgehead atoms. The molecule has 2 atom stereocenters. The molecular weight excluding hydrogens is 419 g/mol. The lowest BCUT2D eigenvalue weighted by Gasteiger charge is -2.37. The fourth-order valence-corrected chi connectivity index (χ4v) is 4.26. The van der Waals surface area contributed by atoms with Crippen molar-refractivity contribution in [3.05, 3.63) is 15.6 Å². The van der Waals surface area contributed by atoms with Crippen LogP contribution in [-0.4, -0.2) is 42.0 Å². The Hall–Kier alpha value is -0.370. The summed E-state index contributed by atoms with van der Waals surface area (Å²) in [4.78, 5) is 13.2. The molecule has 6 heteroatoms. The number of nitrogens with zero attached hydrogens (tertiary/aromatic N) is 3. The first-order valence-electron chi connectivity index (χ1n) is 8.45. The molecule has 1 aliphatic rings. The number of piperidine rings is 1. The van der Waals surface area contributed by atoms with Gasteiger partial charge in [0, 0.05) is 37.5 Å². The topological polar surface area (TPSA) is 40.5 Å². The van der Waals surface area contributed by atoms with Crippen LogP contribution in [0.3, 0.4) is 0 Å². The molecule has 2 unspecified atom stereocenters. The van der Waals surface area contributed by atoms with Gasteiger partial charge in [0.05, 0.1) is 10.7 Å². The second-order valence-electron chi connectivity index (χ2n) is 6.58. The van der Waals surface area contributed by atoms with Gasteiger partial charge in [0.2, 0.25) is 0 Å². The Bertz CT molecular complexity index is 505. The Labute approximate surface area is 162 Å². The summed E-state index contributed by atoms with van der Waals surface area (Å²) in [6.07, 6.45) is 2.32. The predicted molar refractivity (Wildman–Crippen MR) is 111 cm³/mol. The maximum atomic E-state index is 4.86. The summed E-state index contributed by atoms with van der Waals surface area (Å²) in [5.74, 6) is 2.58. The van der Waals surface area contributed by atoms with E-state index in [9.17, 15) is 0 Å². The summed E-state index contributed by atoms with van der Waals surface area (Å²) >= 11 is 1.80. The first-order chi connectivity index (χ1) is 10.5. The van der Waals surface area contributed by atoms with E-state index in [0.29, 0.717) is 0 Å². The molecule has 1 fully saturated rings.